The first-order valence-electron chi connectivity index (χ1n) is 28.9. The highest BCUT2D eigenvalue weighted by molar-refractivity contribution is 6.22. The van der Waals surface area contributed by atoms with Crippen LogP contribution in [0.5, 0.6) is 0 Å². The number of rotatable bonds is 10. The van der Waals surface area contributed by atoms with Crippen LogP contribution >= 0.6 is 0 Å². The first-order chi connectivity index (χ1) is 40.8. The summed E-state index contributed by atoms with van der Waals surface area (Å²) in [4.78, 5) is 4.45. The average molecular weight is 1090 g/mol. The summed E-state index contributed by atoms with van der Waals surface area (Å²) in [7, 11) is 0. The molecule has 0 fully saturated rings. The van der Waals surface area contributed by atoms with Crippen LogP contribution in [-0.2, 0) is 16.2 Å². The first kappa shape index (κ1) is 52.2. The van der Waals surface area contributed by atoms with Crippen molar-refractivity contribution in [2.24, 2.45) is 0 Å². The summed E-state index contributed by atoms with van der Waals surface area (Å²) in [5.74, 6) is -0.645. The third-order valence-electron chi connectivity index (χ3n) is 17.2. The van der Waals surface area contributed by atoms with Crippen molar-refractivity contribution in [2.45, 2.75) is 57.8 Å². The molecule has 0 N–H and O–H groups in total. The van der Waals surface area contributed by atoms with Gasteiger partial charge in [-0.05, 0) is 145 Å². The summed E-state index contributed by atoms with van der Waals surface area (Å²) >= 11 is 0. The van der Waals surface area contributed by atoms with Gasteiger partial charge in [0.15, 0.2) is 0 Å². The van der Waals surface area contributed by atoms with Crippen molar-refractivity contribution >= 4 is 66.8 Å². The molecule has 0 saturated heterocycles. The van der Waals surface area contributed by atoms with Crippen molar-refractivity contribution in [1.82, 2.24) is 0 Å². The highest BCUT2D eigenvalue weighted by Gasteiger charge is 2.50. The molecule has 1 aliphatic carbocycles. The van der Waals surface area contributed by atoms with Crippen LogP contribution in [0.25, 0.3) is 66.1 Å². The van der Waals surface area contributed by atoms with Gasteiger partial charge in [-0.3, -0.25) is 0 Å². The summed E-state index contributed by atoms with van der Waals surface area (Å²) in [6.07, 6.45) is 0. The number of halogens is 2. The molecule has 12 aromatic carbocycles. The maximum atomic E-state index is 17.2. The molecule has 0 amide bonds. The Morgan fingerprint density at radius 3 is 1.23 bits per heavy atom. The number of para-hydroxylation sites is 1. The fraction of sp³-hybridized carbons (Fsp3) is 0.114. The van der Waals surface area contributed by atoms with Crippen molar-refractivity contribution in [3.63, 3.8) is 0 Å². The number of furan rings is 1. The Morgan fingerprint density at radius 2 is 0.750 bits per heavy atom. The van der Waals surface area contributed by atoms with E-state index in [2.05, 4.69) is 209 Å². The molecular weight excluding hydrogens is 1030 g/mol. The summed E-state index contributed by atoms with van der Waals surface area (Å²) in [6, 6.07) is 91.5. The molecule has 3 nitrogen and oxygen atoms in total. The van der Waals surface area contributed by atoms with Gasteiger partial charge >= 0.3 is 0 Å². The molecule has 0 atom stereocenters. The fourth-order valence-electron chi connectivity index (χ4n) is 13.1. The van der Waals surface area contributed by atoms with E-state index >= 15 is 8.78 Å². The zero-order valence-corrected chi connectivity index (χ0v) is 48.0. The maximum absolute atomic E-state index is 17.2. The number of hydrogen-bond acceptors (Lipinski definition) is 3. The molecule has 14 rings (SSSR count). The monoisotopic (exact) mass is 1090 g/mol. The normalized spacial score (nSPS) is 12.9. The van der Waals surface area contributed by atoms with Gasteiger partial charge in [-0.2, -0.15) is 0 Å². The molecule has 84 heavy (non-hydrogen) atoms. The Kier molecular flexibility index (Phi) is 12.6. The summed E-state index contributed by atoms with van der Waals surface area (Å²) in [6.45, 7) is 13.3. The Hall–Kier alpha value is -9.84. The third-order valence-corrected chi connectivity index (χ3v) is 17.2. The molecule has 0 unspecified atom stereocenters. The summed E-state index contributed by atoms with van der Waals surface area (Å²) < 4.78 is 41.8. The molecule has 0 aliphatic heterocycles. The largest absolute Gasteiger partial charge is 0.455 e. The smallest absolute Gasteiger partial charge is 0.145 e. The molecule has 1 heterocycles. The van der Waals surface area contributed by atoms with Gasteiger partial charge in [-0.25, -0.2) is 8.78 Å². The van der Waals surface area contributed by atoms with Crippen molar-refractivity contribution in [3.8, 4) is 33.4 Å². The topological polar surface area (TPSA) is 19.6 Å². The number of hydrogen-bond donors (Lipinski definition) is 0. The average Bonchev–Trinajstić information content (AvgIpc) is 1.79. The standard InChI is InChI=1S/C79H62F2N2O/c1-77(2,3)53-35-39-57(40-36-53)82(59-43-45-61(68(80)47-59)51-23-11-7-12-24-51)70-49-66-73(64-32-20-19-31-63(64)70)75-67(79(66,55-27-15-9-16-28-55)56-29-17-10-18-30-56)50-71(74-65-33-21-22-34-72(65)84-76(74)75)83(58-41-37-54(38-42-58)78(4,5)6)60-44-46-62(69(81)48-60)52-25-13-8-14-26-52/h7-50H,1-6H3. The van der Waals surface area contributed by atoms with Crippen molar-refractivity contribution < 1.29 is 13.2 Å². The molecule has 0 radical (unpaired) electrons. The van der Waals surface area contributed by atoms with Crippen LogP contribution in [0.3, 0.4) is 0 Å². The summed E-state index contributed by atoms with van der Waals surface area (Å²) in [5.41, 5.74) is 16.3. The minimum absolute atomic E-state index is 0.101. The van der Waals surface area contributed by atoms with E-state index in [-0.39, 0.29) is 22.5 Å². The van der Waals surface area contributed by atoms with Gasteiger partial charge in [0.2, 0.25) is 0 Å². The van der Waals surface area contributed by atoms with E-state index in [0.717, 1.165) is 100.0 Å². The molecule has 5 heteroatoms. The van der Waals surface area contributed by atoms with Crippen molar-refractivity contribution in [3.05, 3.63) is 312 Å². The zero-order chi connectivity index (χ0) is 57.5. The number of anilines is 6. The molecule has 1 aromatic heterocycles. The minimum atomic E-state index is -0.998. The molecular formula is C79H62F2N2O. The van der Waals surface area contributed by atoms with E-state index in [1.807, 2.05) is 97.1 Å². The molecule has 0 saturated carbocycles. The second kappa shape index (κ2) is 20.2. The SMILES string of the molecule is CC(C)(C)c1ccc(N(c2ccc(-c3ccccc3)c(F)c2)c2cc3c(c4ccccc24)-c2c(cc(N(c4ccc(C(C)(C)C)cc4)c4ccc(-c5ccccc5)c(F)c4)c4c2oc2ccccc24)C3(c2ccccc2)c2ccccc2)cc1. The van der Waals surface area contributed by atoms with Crippen molar-refractivity contribution in [1.29, 1.82) is 0 Å². The van der Waals surface area contributed by atoms with Crippen LogP contribution < -0.4 is 9.80 Å². The Morgan fingerprint density at radius 1 is 0.357 bits per heavy atom. The lowest BCUT2D eigenvalue weighted by molar-refractivity contribution is 0.590. The van der Waals surface area contributed by atoms with Gasteiger partial charge in [0, 0.05) is 50.2 Å². The van der Waals surface area contributed by atoms with Crippen LogP contribution in [0.1, 0.15) is 74.9 Å². The molecule has 13 aromatic rings. The lowest BCUT2D eigenvalue weighted by Gasteiger charge is -2.36. The van der Waals surface area contributed by atoms with Crippen LogP contribution in [0.2, 0.25) is 0 Å². The number of fused-ring (bicyclic) bond motifs is 9. The minimum Gasteiger partial charge on any atom is -0.455 e. The Balaban J connectivity index is 1.12. The van der Waals surface area contributed by atoms with E-state index in [0.29, 0.717) is 22.5 Å². The third kappa shape index (κ3) is 8.60. The predicted molar refractivity (Wildman–Crippen MR) is 346 cm³/mol. The highest BCUT2D eigenvalue weighted by atomic mass is 19.1. The van der Waals surface area contributed by atoms with Crippen LogP contribution in [0.15, 0.2) is 271 Å². The van der Waals surface area contributed by atoms with E-state index in [1.165, 1.54) is 11.1 Å². The van der Waals surface area contributed by atoms with Crippen LogP contribution in [0.4, 0.5) is 42.9 Å². The number of benzene rings is 12. The Labute approximate surface area is 490 Å². The molecule has 408 valence electrons. The van der Waals surface area contributed by atoms with Crippen LogP contribution in [-0.4, -0.2) is 0 Å². The van der Waals surface area contributed by atoms with Crippen molar-refractivity contribution in [2.75, 3.05) is 9.80 Å². The van der Waals surface area contributed by atoms with Gasteiger partial charge in [-0.1, -0.05) is 230 Å². The molecule has 1 aliphatic rings. The van der Waals surface area contributed by atoms with E-state index in [9.17, 15) is 0 Å². The lowest BCUT2D eigenvalue weighted by atomic mass is 9.67. The molecule has 0 bridgehead atoms. The van der Waals surface area contributed by atoms with E-state index < -0.39 is 5.41 Å². The number of nitrogens with zero attached hydrogens (tertiary/aromatic N) is 2. The Bertz CT molecular complexity index is 4580. The second-order valence-electron chi connectivity index (χ2n) is 24.3. The zero-order valence-electron chi connectivity index (χ0n) is 48.0. The molecule has 0 spiro atoms. The predicted octanol–water partition coefficient (Wildman–Crippen LogP) is 22.2. The lowest BCUT2D eigenvalue weighted by Crippen LogP contribution is -2.29. The van der Waals surface area contributed by atoms with E-state index in [4.69, 9.17) is 4.42 Å². The van der Waals surface area contributed by atoms with Gasteiger partial charge < -0.3 is 14.2 Å². The van der Waals surface area contributed by atoms with Gasteiger partial charge in [0.25, 0.3) is 0 Å². The van der Waals surface area contributed by atoms with Gasteiger partial charge in [-0.15, -0.1) is 0 Å². The summed E-state index contributed by atoms with van der Waals surface area (Å²) in [5, 5.41) is 3.84. The van der Waals surface area contributed by atoms with Gasteiger partial charge in [0.05, 0.1) is 22.2 Å². The quantitative estimate of drug-likeness (QED) is 0.136. The fourth-order valence-corrected chi connectivity index (χ4v) is 13.1. The van der Waals surface area contributed by atoms with Gasteiger partial charge in [0.1, 0.15) is 22.8 Å². The van der Waals surface area contributed by atoms with E-state index in [1.54, 1.807) is 12.1 Å². The van der Waals surface area contributed by atoms with Crippen LogP contribution in [0, 0.1) is 11.6 Å². The first-order valence-corrected chi connectivity index (χ1v) is 28.9. The maximum Gasteiger partial charge on any atom is 0.145 e. The highest BCUT2D eigenvalue weighted by Crippen LogP contribution is 2.64. The second-order valence-corrected chi connectivity index (χ2v) is 24.3.